The molecule has 1 aromatic heterocycles. The number of anilines is 1. The van der Waals surface area contributed by atoms with Crippen LogP contribution in [0.5, 0.6) is 5.75 Å². The molecule has 20 heavy (non-hydrogen) atoms. The number of benzene rings is 1. The summed E-state index contributed by atoms with van der Waals surface area (Å²) >= 11 is 3.44. The fraction of sp³-hybridized carbons (Fsp3) is 0.250. The Bertz CT molecular complexity index is 614. The Hall–Kier alpha value is -2.09. The van der Waals surface area contributed by atoms with Crippen molar-refractivity contribution >= 4 is 27.6 Å². The second-order valence-electron chi connectivity index (χ2n) is 3.94. The van der Waals surface area contributed by atoms with Crippen LogP contribution in [-0.2, 0) is 6.54 Å². The number of aromatic carboxylic acids is 1. The first-order valence-electron chi connectivity index (χ1n) is 5.81. The highest BCUT2D eigenvalue weighted by Crippen LogP contribution is 2.26. The third-order valence-corrected chi connectivity index (χ3v) is 3.28. The molecule has 106 valence electrons. The summed E-state index contributed by atoms with van der Waals surface area (Å²) < 4.78 is 7.55. The van der Waals surface area contributed by atoms with Crippen molar-refractivity contribution in [3.63, 3.8) is 0 Å². The molecule has 0 spiro atoms. The third kappa shape index (κ3) is 3.47. The molecule has 2 aromatic rings. The van der Waals surface area contributed by atoms with Gasteiger partial charge in [0.1, 0.15) is 5.75 Å². The van der Waals surface area contributed by atoms with Crippen molar-refractivity contribution < 1.29 is 14.6 Å². The van der Waals surface area contributed by atoms with Gasteiger partial charge in [-0.1, -0.05) is 5.21 Å². The number of hydrogen-bond acceptors (Lipinski definition) is 5. The lowest BCUT2D eigenvalue weighted by Crippen LogP contribution is -2.11. The van der Waals surface area contributed by atoms with Gasteiger partial charge in [-0.15, -0.1) is 5.10 Å². The third-order valence-electron chi connectivity index (χ3n) is 2.59. The fourth-order valence-corrected chi connectivity index (χ4v) is 1.96. The molecule has 0 aliphatic heterocycles. The molecule has 0 saturated carbocycles. The predicted octanol–water partition coefficient (Wildman–Crippen LogP) is 1.86. The van der Waals surface area contributed by atoms with Crippen molar-refractivity contribution in [1.82, 2.24) is 15.0 Å². The maximum Gasteiger partial charge on any atom is 0.358 e. The molecule has 0 unspecified atom stereocenters. The van der Waals surface area contributed by atoms with Crippen LogP contribution in [0.3, 0.4) is 0 Å². The topological polar surface area (TPSA) is 89.3 Å². The minimum Gasteiger partial charge on any atom is -0.497 e. The highest BCUT2D eigenvalue weighted by molar-refractivity contribution is 9.10. The smallest absolute Gasteiger partial charge is 0.358 e. The first kappa shape index (κ1) is 14.3. The fourth-order valence-electron chi connectivity index (χ4n) is 1.58. The van der Waals surface area contributed by atoms with E-state index in [1.807, 2.05) is 18.2 Å². The van der Waals surface area contributed by atoms with Crippen molar-refractivity contribution in [1.29, 1.82) is 0 Å². The van der Waals surface area contributed by atoms with Gasteiger partial charge in [-0.25, -0.2) is 9.48 Å². The molecule has 8 heteroatoms. The summed E-state index contributed by atoms with van der Waals surface area (Å²) in [6.45, 7) is 1.08. The van der Waals surface area contributed by atoms with Gasteiger partial charge in [-0.3, -0.25) is 0 Å². The Labute approximate surface area is 123 Å². The maximum atomic E-state index is 10.7. The molecule has 0 fully saturated rings. The van der Waals surface area contributed by atoms with Crippen molar-refractivity contribution in [3.8, 4) is 5.75 Å². The quantitative estimate of drug-likeness (QED) is 0.834. The van der Waals surface area contributed by atoms with Crippen molar-refractivity contribution in [2.75, 3.05) is 19.0 Å². The number of carbonyl (C=O) groups is 1. The molecule has 0 amide bonds. The molecule has 1 heterocycles. The monoisotopic (exact) mass is 340 g/mol. The zero-order valence-electron chi connectivity index (χ0n) is 10.7. The normalized spacial score (nSPS) is 10.3. The zero-order valence-corrected chi connectivity index (χ0v) is 12.3. The van der Waals surface area contributed by atoms with E-state index in [9.17, 15) is 4.79 Å². The average molecular weight is 341 g/mol. The molecule has 2 N–H and O–H groups in total. The van der Waals surface area contributed by atoms with Crippen LogP contribution in [0.15, 0.2) is 28.9 Å². The van der Waals surface area contributed by atoms with Gasteiger partial charge in [-0.2, -0.15) is 0 Å². The van der Waals surface area contributed by atoms with E-state index in [1.165, 1.54) is 10.9 Å². The van der Waals surface area contributed by atoms with Crippen LogP contribution < -0.4 is 10.1 Å². The number of carboxylic acids is 1. The predicted molar refractivity (Wildman–Crippen MR) is 76.2 cm³/mol. The molecule has 0 aliphatic rings. The number of ether oxygens (including phenoxy) is 1. The summed E-state index contributed by atoms with van der Waals surface area (Å²) in [6.07, 6.45) is 1.39. The number of nitrogens with one attached hydrogen (secondary N) is 1. The Morgan fingerprint density at radius 2 is 2.35 bits per heavy atom. The maximum absolute atomic E-state index is 10.7. The Balaban J connectivity index is 1.93. The largest absolute Gasteiger partial charge is 0.497 e. The van der Waals surface area contributed by atoms with E-state index in [4.69, 9.17) is 9.84 Å². The second kappa shape index (κ2) is 6.38. The van der Waals surface area contributed by atoms with E-state index in [1.54, 1.807) is 7.11 Å². The summed E-state index contributed by atoms with van der Waals surface area (Å²) in [5.41, 5.74) is 0.829. The Morgan fingerprint density at radius 1 is 1.55 bits per heavy atom. The van der Waals surface area contributed by atoms with Gasteiger partial charge in [0, 0.05) is 17.1 Å². The van der Waals surface area contributed by atoms with E-state index in [2.05, 4.69) is 31.6 Å². The average Bonchev–Trinajstić information content (AvgIpc) is 2.90. The summed E-state index contributed by atoms with van der Waals surface area (Å²) in [4.78, 5) is 10.7. The van der Waals surface area contributed by atoms with E-state index in [-0.39, 0.29) is 5.69 Å². The van der Waals surface area contributed by atoms with E-state index >= 15 is 0 Å². The van der Waals surface area contributed by atoms with Crippen LogP contribution in [0.4, 0.5) is 5.69 Å². The first-order chi connectivity index (χ1) is 9.60. The van der Waals surface area contributed by atoms with Crippen LogP contribution >= 0.6 is 15.9 Å². The standard InChI is InChI=1S/C12H13BrN4O3/c1-20-8-2-3-9(13)10(6-8)14-4-5-17-7-11(12(18)19)15-16-17/h2-3,6-7,14H,4-5H2,1H3,(H,18,19). The van der Waals surface area contributed by atoms with Crippen LogP contribution in [0, 0.1) is 0 Å². The van der Waals surface area contributed by atoms with Crippen LogP contribution in [0.25, 0.3) is 0 Å². The molecule has 7 nitrogen and oxygen atoms in total. The number of methoxy groups -OCH3 is 1. The summed E-state index contributed by atoms with van der Waals surface area (Å²) in [5.74, 6) is -0.329. The van der Waals surface area contributed by atoms with Gasteiger partial charge in [0.2, 0.25) is 0 Å². The van der Waals surface area contributed by atoms with Gasteiger partial charge in [0.25, 0.3) is 0 Å². The highest BCUT2D eigenvalue weighted by atomic mass is 79.9. The number of halogens is 1. The van der Waals surface area contributed by atoms with E-state index in [0.29, 0.717) is 13.1 Å². The van der Waals surface area contributed by atoms with Gasteiger partial charge < -0.3 is 15.2 Å². The first-order valence-corrected chi connectivity index (χ1v) is 6.60. The molecule has 2 rings (SSSR count). The van der Waals surface area contributed by atoms with Gasteiger partial charge in [0.15, 0.2) is 5.69 Å². The lowest BCUT2D eigenvalue weighted by molar-refractivity contribution is 0.0690. The van der Waals surface area contributed by atoms with Gasteiger partial charge in [0.05, 0.1) is 25.5 Å². The molecular weight excluding hydrogens is 328 g/mol. The molecule has 0 aliphatic carbocycles. The molecule has 0 saturated heterocycles. The second-order valence-corrected chi connectivity index (χ2v) is 4.80. The number of nitrogens with zero attached hydrogens (tertiary/aromatic N) is 3. The summed E-state index contributed by atoms with van der Waals surface area (Å²) in [6, 6.07) is 5.61. The number of rotatable bonds is 6. The molecule has 0 atom stereocenters. The van der Waals surface area contributed by atoms with E-state index in [0.717, 1.165) is 15.9 Å². The minimum atomic E-state index is -1.08. The lowest BCUT2D eigenvalue weighted by atomic mass is 10.3. The number of carboxylic acid groups (broad SMARTS) is 1. The van der Waals surface area contributed by atoms with Crippen LogP contribution in [0.2, 0.25) is 0 Å². The summed E-state index contributed by atoms with van der Waals surface area (Å²) in [7, 11) is 1.61. The molecule has 0 radical (unpaired) electrons. The number of aromatic nitrogens is 3. The summed E-state index contributed by atoms with van der Waals surface area (Å²) in [5, 5.41) is 19.2. The van der Waals surface area contributed by atoms with E-state index < -0.39 is 5.97 Å². The minimum absolute atomic E-state index is 0.0624. The zero-order chi connectivity index (χ0) is 14.5. The van der Waals surface area contributed by atoms with Gasteiger partial charge >= 0.3 is 5.97 Å². The van der Waals surface area contributed by atoms with Gasteiger partial charge in [-0.05, 0) is 28.1 Å². The number of hydrogen-bond donors (Lipinski definition) is 2. The molecule has 1 aromatic carbocycles. The van der Waals surface area contributed by atoms with Crippen molar-refractivity contribution in [2.45, 2.75) is 6.54 Å². The van der Waals surface area contributed by atoms with Crippen LogP contribution in [0.1, 0.15) is 10.5 Å². The lowest BCUT2D eigenvalue weighted by Gasteiger charge is -2.10. The molecular formula is C12H13BrN4O3. The Kier molecular flexibility index (Phi) is 4.57. The SMILES string of the molecule is COc1ccc(Br)c(NCCn2cc(C(=O)O)nn2)c1. The van der Waals surface area contributed by atoms with Crippen molar-refractivity contribution in [3.05, 3.63) is 34.6 Å². The van der Waals surface area contributed by atoms with Crippen molar-refractivity contribution in [2.24, 2.45) is 0 Å². The van der Waals surface area contributed by atoms with Crippen LogP contribution in [-0.4, -0.2) is 39.7 Å². The molecule has 0 bridgehead atoms. The highest BCUT2D eigenvalue weighted by Gasteiger charge is 2.08. The Morgan fingerprint density at radius 3 is 3.00 bits per heavy atom.